The lowest BCUT2D eigenvalue weighted by molar-refractivity contribution is 0.0950. The number of amides is 1. The van der Waals surface area contributed by atoms with Gasteiger partial charge in [-0.1, -0.05) is 6.92 Å². The van der Waals surface area contributed by atoms with Gasteiger partial charge in [0.15, 0.2) is 0 Å². The van der Waals surface area contributed by atoms with Crippen molar-refractivity contribution >= 4 is 28.3 Å². The van der Waals surface area contributed by atoms with Crippen molar-refractivity contribution in [1.82, 2.24) is 15.4 Å². The van der Waals surface area contributed by atoms with Gasteiger partial charge in [-0.15, -0.1) is 12.4 Å². The summed E-state index contributed by atoms with van der Waals surface area (Å²) in [6.07, 6.45) is 0. The first kappa shape index (κ1) is 19.9. The van der Waals surface area contributed by atoms with Crippen molar-refractivity contribution in [2.75, 3.05) is 20.1 Å². The first-order chi connectivity index (χ1) is 9.40. The molecule has 1 aromatic rings. The van der Waals surface area contributed by atoms with E-state index in [4.69, 9.17) is 0 Å². The van der Waals surface area contributed by atoms with Gasteiger partial charge in [0.1, 0.15) is 0 Å². The van der Waals surface area contributed by atoms with E-state index < -0.39 is 10.0 Å². The zero-order valence-corrected chi connectivity index (χ0v) is 14.0. The van der Waals surface area contributed by atoms with Crippen molar-refractivity contribution < 1.29 is 13.2 Å². The minimum atomic E-state index is -3.47. The van der Waals surface area contributed by atoms with Crippen molar-refractivity contribution in [3.8, 4) is 0 Å². The van der Waals surface area contributed by atoms with Crippen LogP contribution in [0.5, 0.6) is 0 Å². The molecule has 0 saturated heterocycles. The van der Waals surface area contributed by atoms with E-state index in [1.54, 1.807) is 6.92 Å². The van der Waals surface area contributed by atoms with E-state index in [0.29, 0.717) is 18.7 Å². The highest BCUT2D eigenvalue weighted by atomic mass is 35.5. The number of benzene rings is 1. The van der Waals surface area contributed by atoms with E-state index in [1.807, 2.05) is 14.0 Å². The Bertz CT molecular complexity index is 546. The molecule has 21 heavy (non-hydrogen) atoms. The topological polar surface area (TPSA) is 87.3 Å². The largest absolute Gasteiger partial charge is 0.350 e. The molecule has 3 N–H and O–H groups in total. The second-order valence-electron chi connectivity index (χ2n) is 4.43. The normalized spacial score (nSPS) is 12.3. The third-order valence-corrected chi connectivity index (χ3v) is 4.38. The first-order valence-corrected chi connectivity index (χ1v) is 7.94. The van der Waals surface area contributed by atoms with Gasteiger partial charge in [0.2, 0.25) is 10.0 Å². The minimum Gasteiger partial charge on any atom is -0.350 e. The highest BCUT2D eigenvalue weighted by Crippen LogP contribution is 2.10. The molecular formula is C13H22ClN3O3S. The molecule has 1 amide bonds. The molecule has 0 aliphatic rings. The lowest BCUT2D eigenvalue weighted by atomic mass is 10.2. The van der Waals surface area contributed by atoms with E-state index in [-0.39, 0.29) is 29.3 Å². The molecule has 0 radical (unpaired) electrons. The first-order valence-electron chi connectivity index (χ1n) is 6.46. The fraction of sp³-hybridized carbons (Fsp3) is 0.462. The van der Waals surface area contributed by atoms with Crippen molar-refractivity contribution in [1.29, 1.82) is 0 Å². The van der Waals surface area contributed by atoms with Crippen molar-refractivity contribution in [3.05, 3.63) is 29.8 Å². The average molecular weight is 336 g/mol. The number of rotatable bonds is 7. The summed E-state index contributed by atoms with van der Waals surface area (Å²) in [7, 11) is -1.66. The molecule has 0 aliphatic carbocycles. The monoisotopic (exact) mass is 335 g/mol. The van der Waals surface area contributed by atoms with Crippen molar-refractivity contribution in [3.63, 3.8) is 0 Å². The second kappa shape index (κ2) is 8.99. The molecule has 0 bridgehead atoms. The fourth-order valence-corrected chi connectivity index (χ4v) is 2.55. The third-order valence-electron chi connectivity index (χ3n) is 2.82. The van der Waals surface area contributed by atoms with Crippen LogP contribution in [0.25, 0.3) is 0 Å². The third kappa shape index (κ3) is 6.01. The Balaban J connectivity index is 0.00000400. The van der Waals surface area contributed by atoms with Gasteiger partial charge in [0, 0.05) is 24.7 Å². The maximum Gasteiger partial charge on any atom is 0.251 e. The van der Waals surface area contributed by atoms with Gasteiger partial charge in [-0.2, -0.15) is 0 Å². The Hall–Kier alpha value is -1.15. The van der Waals surface area contributed by atoms with Crippen LogP contribution in [-0.4, -0.2) is 40.5 Å². The van der Waals surface area contributed by atoms with Gasteiger partial charge < -0.3 is 10.6 Å². The van der Waals surface area contributed by atoms with E-state index in [2.05, 4.69) is 15.4 Å². The highest BCUT2D eigenvalue weighted by Gasteiger charge is 2.13. The number of likely N-dealkylation sites (N-methyl/N-ethyl adjacent to an activating group) is 1. The molecule has 1 rings (SSSR count). The van der Waals surface area contributed by atoms with Gasteiger partial charge in [0.25, 0.3) is 5.91 Å². The Kier molecular flexibility index (Phi) is 8.50. The molecule has 0 spiro atoms. The molecule has 8 heteroatoms. The number of nitrogens with one attached hydrogen (secondary N) is 3. The number of hydrogen-bond acceptors (Lipinski definition) is 4. The molecule has 1 unspecified atom stereocenters. The molecular weight excluding hydrogens is 314 g/mol. The Morgan fingerprint density at radius 1 is 1.24 bits per heavy atom. The van der Waals surface area contributed by atoms with Gasteiger partial charge in [-0.25, -0.2) is 13.1 Å². The molecule has 1 aromatic carbocycles. The summed E-state index contributed by atoms with van der Waals surface area (Å²) in [5.74, 6) is -0.223. The number of hydrogen-bond donors (Lipinski definition) is 3. The Labute approximate surface area is 132 Å². The van der Waals surface area contributed by atoms with Crippen LogP contribution < -0.4 is 15.4 Å². The molecule has 0 aromatic heterocycles. The van der Waals surface area contributed by atoms with Gasteiger partial charge in [-0.05, 0) is 38.2 Å². The molecule has 0 saturated carbocycles. The van der Waals surface area contributed by atoms with Gasteiger partial charge >= 0.3 is 0 Å². The molecule has 0 aliphatic heterocycles. The zero-order chi connectivity index (χ0) is 15.2. The van der Waals surface area contributed by atoms with E-state index in [9.17, 15) is 13.2 Å². The van der Waals surface area contributed by atoms with Crippen LogP contribution in [0.2, 0.25) is 0 Å². The summed E-state index contributed by atoms with van der Waals surface area (Å²) in [4.78, 5) is 12.0. The SMILES string of the molecule is CCNS(=O)(=O)c1ccc(C(=O)NCC(C)NC)cc1.Cl. The van der Waals surface area contributed by atoms with Crippen molar-refractivity contribution in [2.24, 2.45) is 0 Å². The standard InChI is InChI=1S/C13H21N3O3S.ClH/c1-4-16-20(18,19)12-7-5-11(6-8-12)13(17)15-9-10(2)14-3;/h5-8,10,14,16H,4,9H2,1-3H3,(H,15,17);1H. The van der Waals surface area contributed by atoms with Gasteiger partial charge in [-0.3, -0.25) is 4.79 Å². The van der Waals surface area contributed by atoms with Crippen molar-refractivity contribution in [2.45, 2.75) is 24.8 Å². The lowest BCUT2D eigenvalue weighted by Gasteiger charge is -2.11. The molecule has 1 atom stereocenters. The van der Waals surface area contributed by atoms with Crippen LogP contribution in [0.3, 0.4) is 0 Å². The number of carbonyl (C=O) groups is 1. The quantitative estimate of drug-likeness (QED) is 0.686. The maximum absolute atomic E-state index is 11.8. The molecule has 6 nitrogen and oxygen atoms in total. The second-order valence-corrected chi connectivity index (χ2v) is 6.19. The number of sulfonamides is 1. The summed E-state index contributed by atoms with van der Waals surface area (Å²) in [6.45, 7) is 4.49. The maximum atomic E-state index is 11.8. The van der Waals surface area contributed by atoms with Crippen LogP contribution in [0.1, 0.15) is 24.2 Å². The zero-order valence-electron chi connectivity index (χ0n) is 12.3. The summed E-state index contributed by atoms with van der Waals surface area (Å²) in [6, 6.07) is 6.03. The van der Waals surface area contributed by atoms with Gasteiger partial charge in [0.05, 0.1) is 4.90 Å². The van der Waals surface area contributed by atoms with E-state index >= 15 is 0 Å². The molecule has 0 fully saturated rings. The van der Waals surface area contributed by atoms with Crippen LogP contribution in [0.15, 0.2) is 29.2 Å². The Morgan fingerprint density at radius 3 is 2.29 bits per heavy atom. The molecule has 120 valence electrons. The average Bonchev–Trinajstić information content (AvgIpc) is 2.44. The highest BCUT2D eigenvalue weighted by molar-refractivity contribution is 7.89. The number of carbonyl (C=O) groups excluding carboxylic acids is 1. The summed E-state index contributed by atoms with van der Waals surface area (Å²) >= 11 is 0. The van der Waals surface area contributed by atoms with Crippen LogP contribution in [-0.2, 0) is 10.0 Å². The lowest BCUT2D eigenvalue weighted by Crippen LogP contribution is -2.37. The van der Waals surface area contributed by atoms with Crippen LogP contribution >= 0.6 is 12.4 Å². The summed E-state index contributed by atoms with van der Waals surface area (Å²) < 4.78 is 25.9. The van der Waals surface area contributed by atoms with E-state index in [1.165, 1.54) is 24.3 Å². The van der Waals surface area contributed by atoms with Crippen LogP contribution in [0.4, 0.5) is 0 Å². The Morgan fingerprint density at radius 2 is 1.81 bits per heavy atom. The van der Waals surface area contributed by atoms with Crippen LogP contribution in [0, 0.1) is 0 Å². The predicted molar refractivity (Wildman–Crippen MR) is 85.4 cm³/mol. The predicted octanol–water partition coefficient (Wildman–Crippen LogP) is 0.744. The smallest absolute Gasteiger partial charge is 0.251 e. The minimum absolute atomic E-state index is 0. The summed E-state index contributed by atoms with van der Waals surface area (Å²) in [5, 5.41) is 5.78. The fourth-order valence-electron chi connectivity index (χ4n) is 1.51. The molecule has 0 heterocycles. The number of halogens is 1. The van der Waals surface area contributed by atoms with E-state index in [0.717, 1.165) is 0 Å². The summed E-state index contributed by atoms with van der Waals surface area (Å²) in [5.41, 5.74) is 0.434.